The number of urea groups is 3. The molecule has 0 fully saturated rings. The number of benzene rings is 6. The third-order valence-corrected chi connectivity index (χ3v) is 20.8. The number of hydrogen-bond acceptors (Lipinski definition) is 18. The van der Waals surface area contributed by atoms with Gasteiger partial charge in [-0.05, 0) is 206 Å². The molecule has 0 saturated heterocycles. The van der Waals surface area contributed by atoms with E-state index < -0.39 is 32.7 Å². The van der Waals surface area contributed by atoms with Crippen LogP contribution in [-0.4, -0.2) is 185 Å². The molecule has 10 N–H and O–H groups in total. The minimum absolute atomic E-state index is 0. The number of fused-ring (bicyclic) bond motifs is 3. The minimum Gasteiger partial charge on any atom is -0.400 e. The molecule has 0 aliphatic carbocycles. The van der Waals surface area contributed by atoms with E-state index in [1.54, 1.807) is 58.3 Å². The van der Waals surface area contributed by atoms with E-state index in [9.17, 15) is 48.5 Å². The van der Waals surface area contributed by atoms with Crippen LogP contribution in [0, 0.1) is 10.1 Å². The van der Waals surface area contributed by atoms with Crippen LogP contribution >= 0.6 is 52.1 Å². The Morgan fingerprint density at radius 1 is 0.465 bits per heavy atom. The van der Waals surface area contributed by atoms with Crippen LogP contribution in [-0.2, 0) is 65.5 Å². The third-order valence-electron chi connectivity index (χ3n) is 20.6. The van der Waals surface area contributed by atoms with Gasteiger partial charge >= 0.3 is 18.1 Å². The number of nitrogens with zero attached hydrogens (tertiary/aromatic N) is 13. The number of aryl methyl sites for hydroxylation is 3. The number of amides is 10. The molecule has 3 aliphatic heterocycles. The van der Waals surface area contributed by atoms with Crippen LogP contribution in [0.2, 0.25) is 0 Å². The molecule has 0 saturated carbocycles. The van der Waals surface area contributed by atoms with Crippen molar-refractivity contribution in [2.45, 2.75) is 159 Å². The second-order valence-corrected chi connectivity index (χ2v) is 31.4. The smallest absolute Gasteiger partial charge is 0.319 e. The van der Waals surface area contributed by atoms with Crippen molar-refractivity contribution in [2.75, 3.05) is 96.0 Å². The van der Waals surface area contributed by atoms with Crippen LogP contribution in [0.3, 0.4) is 0 Å². The molecule has 127 heavy (non-hydrogen) atoms. The van der Waals surface area contributed by atoms with Gasteiger partial charge in [0.1, 0.15) is 0 Å². The van der Waals surface area contributed by atoms with E-state index in [0.717, 1.165) is 63.6 Å². The summed E-state index contributed by atoms with van der Waals surface area (Å²) in [5.41, 5.74) is 14.2. The van der Waals surface area contributed by atoms with Crippen LogP contribution in [0.15, 0.2) is 189 Å². The van der Waals surface area contributed by atoms with Gasteiger partial charge in [-0.25, -0.2) is 14.4 Å². The number of likely N-dealkylation sites (N-methyl/N-ethyl adjacent to an activating group) is 3. The lowest BCUT2D eigenvalue weighted by Gasteiger charge is -2.35. The SMILES string of the molecule is C.C.C.C=CC(=O)Cl.C=CC(=O)Nc1ccc(C(=O)Nc2nn(CC)c3c2CN(C(=O)N[C@H](CN(C)C)c2ccccc2)C3(C)C)cc1.CCn1nc(NC(=O)c2ccc(N)cc2)c2c1C(C)(C)N(C(=O)N[C@H](CN(C)C)c1ccccc1)C2.CCn1nc(NC(=O)c2ccc([N+](=O)[O-])cc2)c2c1C(C)(C)N(C(=O)N[C@H](CN(C)C)c1ccccc1)C2.CO.S.S.S. The number of nitro groups is 1. The zero-order valence-electron chi connectivity index (χ0n) is 73.1. The first-order valence-electron chi connectivity index (χ1n) is 39.4. The molecule has 3 aromatic heterocycles. The van der Waals surface area contributed by atoms with Crippen LogP contribution in [0.5, 0.6) is 0 Å². The van der Waals surface area contributed by atoms with Crippen LogP contribution in [0.1, 0.15) is 184 Å². The highest BCUT2D eigenvalue weighted by atomic mass is 35.5. The molecule has 690 valence electrons. The fourth-order valence-corrected chi connectivity index (χ4v) is 14.8. The maximum atomic E-state index is 13.7. The molecule has 9 aromatic rings. The first-order valence-corrected chi connectivity index (χ1v) is 39.8. The maximum Gasteiger partial charge on any atom is 0.319 e. The first kappa shape index (κ1) is 111. The lowest BCUT2D eigenvalue weighted by molar-refractivity contribution is -0.384. The van der Waals surface area contributed by atoms with Gasteiger partial charge in [-0.15, -0.1) is 0 Å². The summed E-state index contributed by atoms with van der Waals surface area (Å²) in [5, 5.41) is 52.4. The number of aromatic nitrogens is 6. The van der Waals surface area contributed by atoms with Crippen molar-refractivity contribution in [3.63, 3.8) is 0 Å². The van der Waals surface area contributed by atoms with Gasteiger partial charge in [-0.1, -0.05) is 126 Å². The second kappa shape index (κ2) is 49.9. The monoisotopic (exact) mass is 1820 g/mol. The first-order chi connectivity index (χ1) is 57.4. The lowest BCUT2D eigenvalue weighted by Crippen LogP contribution is -2.49. The second-order valence-electron chi connectivity index (χ2n) is 31.0. The normalized spacial score (nSPS) is 13.5. The number of nitro benzene ring substituents is 1. The quantitative estimate of drug-likeness (QED) is 0.00843. The molecule has 0 spiro atoms. The Bertz CT molecular complexity index is 5150. The highest BCUT2D eigenvalue weighted by molar-refractivity contribution is 7.59. The number of anilines is 5. The van der Waals surface area contributed by atoms with Gasteiger partial charge in [0.2, 0.25) is 11.1 Å². The largest absolute Gasteiger partial charge is 0.400 e. The summed E-state index contributed by atoms with van der Waals surface area (Å²) < 4.78 is 5.53. The zero-order chi connectivity index (χ0) is 89.0. The van der Waals surface area contributed by atoms with Crippen molar-refractivity contribution in [3.05, 3.63) is 266 Å². The number of carbonyl (C=O) groups is 8. The van der Waals surface area contributed by atoms with Gasteiger partial charge < -0.3 is 77.5 Å². The Balaban J connectivity index is 0.000000608. The Hall–Kier alpha value is -11.8. The molecular weight excluding hydrogens is 1690 g/mol. The Morgan fingerprint density at radius 3 is 0.961 bits per heavy atom. The molecule has 6 heterocycles. The van der Waals surface area contributed by atoms with Crippen LogP contribution in [0.4, 0.5) is 48.9 Å². The van der Waals surface area contributed by atoms with Gasteiger partial charge in [0, 0.05) is 103 Å². The van der Waals surface area contributed by atoms with Gasteiger partial charge in [0.05, 0.1) is 76.4 Å². The van der Waals surface area contributed by atoms with Crippen molar-refractivity contribution in [2.24, 2.45) is 0 Å². The molecule has 6 aromatic carbocycles. The number of nitrogens with two attached hydrogens (primary N) is 1. The van der Waals surface area contributed by atoms with Crippen molar-refractivity contribution >= 4 is 134 Å². The highest BCUT2D eigenvalue weighted by Gasteiger charge is 2.49. The summed E-state index contributed by atoms with van der Waals surface area (Å²) in [7, 11) is 12.9. The molecule has 0 bridgehead atoms. The number of aliphatic hydroxyl groups is 1. The van der Waals surface area contributed by atoms with Gasteiger partial charge in [0.15, 0.2) is 17.5 Å². The number of rotatable bonds is 25. The topological polar surface area (TPSA) is 383 Å². The molecule has 10 amide bonds. The number of nitrogen functional groups attached to an aromatic ring is 1. The van der Waals surface area contributed by atoms with E-state index in [1.165, 1.54) is 30.3 Å². The van der Waals surface area contributed by atoms with Crippen molar-refractivity contribution in [1.82, 2.24) is 74.7 Å². The van der Waals surface area contributed by atoms with Crippen molar-refractivity contribution in [1.29, 1.82) is 0 Å². The van der Waals surface area contributed by atoms with Gasteiger partial charge in [-0.2, -0.15) is 55.8 Å². The molecule has 3 aliphatic rings. The Morgan fingerprint density at radius 2 is 0.724 bits per heavy atom. The Kier molecular flexibility index (Phi) is 43.7. The fourth-order valence-electron chi connectivity index (χ4n) is 14.8. The number of allylic oxidation sites excluding steroid dienone is 1. The number of non-ortho nitro benzene ring substituents is 1. The van der Waals surface area contributed by atoms with E-state index in [0.29, 0.717) is 92.3 Å². The maximum absolute atomic E-state index is 13.7. The van der Waals surface area contributed by atoms with E-state index in [4.69, 9.17) is 22.4 Å². The standard InChI is InChI=1S/C30H37N7O3.C27H33N7O4.C27H35N7O2.C3H3ClO.CH4O.3CH4.3H2S/c1-7-25(38)31-22-16-14-21(15-17-22)28(39)33-27-23-18-36(30(3,4)26(23)37(8-2)34-27)29(40)32-24(19-35(5)6)20-12-10-9-11-13-20;1-6-33-23-21(24(30-33)29-25(35)19-12-14-20(15-13-19)34(37)38)16-32(27(23,2)3)26(36)28-22(17-31(4)5)18-10-8-7-9-11-18;1-6-34-23-21(24(31-34)30-25(35)19-12-14-20(28)15-13-19)16-33(27(23,2)3)26(36)29-22(17-32(4)5)18-10-8-7-9-11-18;1-2-3(4)5;1-2;;;;;;/h7,9-17,24H,1,8,18-19H2,2-6H3,(H,31,38)(H,32,40)(H,33,34,39);7-15,22H,6,16-17H2,1-5H3,(H,28,36)(H,29,30,35);7-15,22H,6,16-17,28H2,1-5H3,(H,29,36)(H,30,31,35);2H,1H2;2H,1H3;3*1H4;3*1H2/t24-;2*22-;;;;;;;;/m111......../s1. The summed E-state index contributed by atoms with van der Waals surface area (Å²) >= 11 is 4.71. The average Bonchev–Trinajstić information content (AvgIpc) is 1.59. The zero-order valence-corrected chi connectivity index (χ0v) is 76.8. The molecule has 32 nitrogen and oxygen atoms in total. The van der Waals surface area contributed by atoms with E-state index in [1.807, 2.05) is 224 Å². The van der Waals surface area contributed by atoms with Gasteiger partial charge in [0.25, 0.3) is 23.4 Å². The highest BCUT2D eigenvalue weighted by Crippen LogP contribution is 2.46. The van der Waals surface area contributed by atoms with E-state index in [2.05, 4.69) is 70.6 Å². The van der Waals surface area contributed by atoms with Crippen LogP contribution in [0.25, 0.3) is 0 Å². The number of aliphatic hydroxyl groups excluding tert-OH is 1. The lowest BCUT2D eigenvalue weighted by atomic mass is 10.00. The molecule has 12 rings (SSSR count). The minimum atomic E-state index is -0.682. The summed E-state index contributed by atoms with van der Waals surface area (Å²) in [6, 6.07) is 47.3. The molecule has 0 unspecified atom stereocenters. The third kappa shape index (κ3) is 27.6. The summed E-state index contributed by atoms with van der Waals surface area (Å²) in [6.45, 7) is 29.1. The number of halogens is 1. The number of hydrogen-bond donors (Lipinski definition) is 9. The summed E-state index contributed by atoms with van der Waals surface area (Å²) in [6.07, 6.45) is 2.22. The number of nitrogens with one attached hydrogen (secondary N) is 7. The Labute approximate surface area is 773 Å². The molecule has 36 heteroatoms. The van der Waals surface area contributed by atoms with E-state index in [-0.39, 0.29) is 135 Å². The predicted molar refractivity (Wildman–Crippen MR) is 522 cm³/mol. The predicted octanol–water partition coefficient (Wildman–Crippen LogP) is 15.1. The van der Waals surface area contributed by atoms with Crippen molar-refractivity contribution < 1.29 is 48.4 Å². The molecule has 0 radical (unpaired) electrons. The summed E-state index contributed by atoms with van der Waals surface area (Å²) in [4.78, 5) is 123. The summed E-state index contributed by atoms with van der Waals surface area (Å²) in [5.74, 6) is -0.0749. The van der Waals surface area contributed by atoms with Gasteiger partial charge in [-0.3, -0.25) is 48.1 Å². The molecular formula is C91H130ClN21O11S3. The average molecular weight is 1830 g/mol. The molecule has 3 atom stereocenters. The fraction of sp³-hybridized carbons (Fsp3) is 0.374. The van der Waals surface area contributed by atoms with Crippen LogP contribution < -0.4 is 43.0 Å². The van der Waals surface area contributed by atoms with Crippen molar-refractivity contribution in [3.8, 4) is 0 Å². The number of carbonyl (C=O) groups excluding carboxylic acids is 8. The van der Waals surface area contributed by atoms with E-state index >= 15 is 0 Å².